The van der Waals surface area contributed by atoms with Gasteiger partial charge in [0.2, 0.25) is 0 Å². The predicted molar refractivity (Wildman–Crippen MR) is 70.1 cm³/mol. The van der Waals surface area contributed by atoms with E-state index in [2.05, 4.69) is 11.4 Å². The Kier molecular flexibility index (Phi) is 6.61. The van der Waals surface area contributed by atoms with Gasteiger partial charge in [-0.1, -0.05) is 31.0 Å². The van der Waals surface area contributed by atoms with Crippen molar-refractivity contribution in [1.82, 2.24) is 5.32 Å². The molecule has 0 aliphatic rings. The van der Waals surface area contributed by atoms with Gasteiger partial charge in [-0.05, 0) is 37.6 Å². The van der Waals surface area contributed by atoms with Crippen LogP contribution in [-0.4, -0.2) is 13.1 Å². The maximum absolute atomic E-state index is 5.85. The fraction of sp³-hybridized carbons (Fsp3) is 0.538. The highest BCUT2D eigenvalue weighted by Crippen LogP contribution is 2.09. The Morgan fingerprint density at radius 1 is 1.00 bits per heavy atom. The zero-order valence-electron chi connectivity index (χ0n) is 9.91. The maximum Gasteiger partial charge on any atom is 0.0359 e. The van der Waals surface area contributed by atoms with Crippen molar-refractivity contribution in [1.29, 1.82) is 0 Å². The third-order valence-corrected chi connectivity index (χ3v) is 2.68. The van der Waals surface area contributed by atoms with Gasteiger partial charge in [-0.2, -0.15) is 0 Å². The molecule has 0 bridgehead atoms. The van der Waals surface area contributed by atoms with E-state index in [4.69, 9.17) is 11.5 Å². The summed E-state index contributed by atoms with van der Waals surface area (Å²) in [4.78, 5) is 0. The molecule has 1 aromatic rings. The summed E-state index contributed by atoms with van der Waals surface area (Å²) >= 11 is 0. The van der Waals surface area contributed by atoms with Crippen LogP contribution in [0.4, 0.5) is 5.69 Å². The number of nitrogens with one attached hydrogen (secondary N) is 1. The van der Waals surface area contributed by atoms with E-state index in [1.807, 2.05) is 18.2 Å². The fourth-order valence-corrected chi connectivity index (χ4v) is 1.67. The monoisotopic (exact) mass is 221 g/mol. The summed E-state index contributed by atoms with van der Waals surface area (Å²) in [5.74, 6) is 0. The van der Waals surface area contributed by atoms with Gasteiger partial charge in [0, 0.05) is 12.2 Å². The summed E-state index contributed by atoms with van der Waals surface area (Å²) in [5.41, 5.74) is 13.3. The van der Waals surface area contributed by atoms with Gasteiger partial charge in [0.25, 0.3) is 0 Å². The average Bonchev–Trinajstić information content (AvgIpc) is 2.30. The van der Waals surface area contributed by atoms with E-state index in [0.717, 1.165) is 31.7 Å². The highest BCUT2D eigenvalue weighted by atomic mass is 14.8. The molecule has 0 unspecified atom stereocenters. The summed E-state index contributed by atoms with van der Waals surface area (Å²) < 4.78 is 0. The van der Waals surface area contributed by atoms with Crippen LogP contribution in [0.15, 0.2) is 24.3 Å². The minimum atomic E-state index is 0.813. The number of unbranched alkanes of at least 4 members (excludes halogenated alkanes) is 3. The van der Waals surface area contributed by atoms with Gasteiger partial charge in [0.15, 0.2) is 0 Å². The largest absolute Gasteiger partial charge is 0.398 e. The Labute approximate surface area is 98.2 Å². The molecule has 0 radical (unpaired) electrons. The van der Waals surface area contributed by atoms with Gasteiger partial charge in [0.05, 0.1) is 0 Å². The SMILES string of the molecule is NCCCCCCNCc1ccccc1N. The molecule has 0 aliphatic carbocycles. The quantitative estimate of drug-likeness (QED) is 0.464. The first-order chi connectivity index (χ1) is 7.84. The molecule has 1 rings (SSSR count). The summed E-state index contributed by atoms with van der Waals surface area (Å²) in [6.45, 7) is 2.73. The molecule has 16 heavy (non-hydrogen) atoms. The first kappa shape index (κ1) is 13.0. The number of anilines is 1. The third-order valence-electron chi connectivity index (χ3n) is 2.68. The lowest BCUT2D eigenvalue weighted by Crippen LogP contribution is -2.15. The van der Waals surface area contributed by atoms with Gasteiger partial charge in [-0.15, -0.1) is 0 Å². The Morgan fingerprint density at radius 3 is 2.50 bits per heavy atom. The summed E-state index contributed by atoms with van der Waals surface area (Å²) in [6.07, 6.45) is 4.86. The van der Waals surface area contributed by atoms with Crippen molar-refractivity contribution < 1.29 is 0 Å². The van der Waals surface area contributed by atoms with Crippen LogP contribution in [0.3, 0.4) is 0 Å². The van der Waals surface area contributed by atoms with Crippen LogP contribution in [0.2, 0.25) is 0 Å². The van der Waals surface area contributed by atoms with Gasteiger partial charge < -0.3 is 16.8 Å². The Balaban J connectivity index is 2.05. The van der Waals surface area contributed by atoms with Gasteiger partial charge in [-0.3, -0.25) is 0 Å². The Bertz CT molecular complexity index is 286. The van der Waals surface area contributed by atoms with E-state index in [1.54, 1.807) is 0 Å². The van der Waals surface area contributed by atoms with E-state index in [-0.39, 0.29) is 0 Å². The standard InChI is InChI=1S/C13H23N3/c14-9-5-1-2-6-10-16-11-12-7-3-4-8-13(12)15/h3-4,7-8,16H,1-2,5-6,9-11,14-15H2. The second kappa shape index (κ2) is 8.13. The normalized spacial score (nSPS) is 10.6. The summed E-state index contributed by atoms with van der Waals surface area (Å²) in [7, 11) is 0. The molecular weight excluding hydrogens is 198 g/mol. The fourth-order valence-electron chi connectivity index (χ4n) is 1.67. The molecule has 0 heterocycles. The van der Waals surface area contributed by atoms with Gasteiger partial charge >= 0.3 is 0 Å². The van der Waals surface area contributed by atoms with Crippen molar-refractivity contribution in [3.8, 4) is 0 Å². The Hall–Kier alpha value is -1.06. The molecule has 1 aromatic carbocycles. The molecule has 0 spiro atoms. The number of nitrogens with two attached hydrogens (primary N) is 2. The lowest BCUT2D eigenvalue weighted by Gasteiger charge is -2.07. The van der Waals surface area contributed by atoms with E-state index < -0.39 is 0 Å². The van der Waals surface area contributed by atoms with E-state index in [0.29, 0.717) is 0 Å². The lowest BCUT2D eigenvalue weighted by atomic mass is 10.1. The zero-order valence-corrected chi connectivity index (χ0v) is 9.91. The third kappa shape index (κ3) is 5.14. The van der Waals surface area contributed by atoms with Crippen LogP contribution in [0.5, 0.6) is 0 Å². The minimum Gasteiger partial charge on any atom is -0.398 e. The average molecular weight is 221 g/mol. The molecule has 0 atom stereocenters. The van der Waals surface area contributed by atoms with Crippen LogP contribution in [0.25, 0.3) is 0 Å². The van der Waals surface area contributed by atoms with Crippen molar-refractivity contribution in [3.63, 3.8) is 0 Å². The topological polar surface area (TPSA) is 64.1 Å². The summed E-state index contributed by atoms with van der Waals surface area (Å²) in [6, 6.07) is 8.00. The van der Waals surface area contributed by atoms with Crippen LogP contribution >= 0.6 is 0 Å². The Morgan fingerprint density at radius 2 is 1.75 bits per heavy atom. The molecule has 90 valence electrons. The molecule has 0 saturated carbocycles. The number of hydrogen-bond donors (Lipinski definition) is 3. The van der Waals surface area contributed by atoms with Crippen molar-refractivity contribution in [2.75, 3.05) is 18.8 Å². The molecule has 3 nitrogen and oxygen atoms in total. The van der Waals surface area contributed by atoms with E-state index in [1.165, 1.54) is 24.8 Å². The van der Waals surface area contributed by atoms with Crippen molar-refractivity contribution in [2.45, 2.75) is 32.2 Å². The number of rotatable bonds is 8. The molecular formula is C13H23N3. The first-order valence-electron chi connectivity index (χ1n) is 6.08. The van der Waals surface area contributed by atoms with E-state index in [9.17, 15) is 0 Å². The van der Waals surface area contributed by atoms with Crippen LogP contribution < -0.4 is 16.8 Å². The first-order valence-corrected chi connectivity index (χ1v) is 6.08. The predicted octanol–water partition coefficient (Wildman–Crippen LogP) is 1.88. The molecule has 5 N–H and O–H groups in total. The molecule has 3 heteroatoms. The summed E-state index contributed by atoms with van der Waals surface area (Å²) in [5, 5.41) is 3.41. The second-order valence-electron chi connectivity index (χ2n) is 4.08. The van der Waals surface area contributed by atoms with Gasteiger partial charge in [0.1, 0.15) is 0 Å². The zero-order chi connectivity index (χ0) is 11.6. The number of benzene rings is 1. The highest BCUT2D eigenvalue weighted by Gasteiger charge is 1.96. The van der Waals surface area contributed by atoms with Crippen molar-refractivity contribution in [3.05, 3.63) is 29.8 Å². The van der Waals surface area contributed by atoms with Crippen LogP contribution in [-0.2, 0) is 6.54 Å². The molecule has 0 amide bonds. The van der Waals surface area contributed by atoms with Crippen LogP contribution in [0.1, 0.15) is 31.2 Å². The van der Waals surface area contributed by atoms with Crippen LogP contribution in [0, 0.1) is 0 Å². The number of nitrogen functional groups attached to an aromatic ring is 1. The smallest absolute Gasteiger partial charge is 0.0359 e. The van der Waals surface area contributed by atoms with Gasteiger partial charge in [-0.25, -0.2) is 0 Å². The molecule has 0 fully saturated rings. The highest BCUT2D eigenvalue weighted by molar-refractivity contribution is 5.46. The van der Waals surface area contributed by atoms with E-state index >= 15 is 0 Å². The van der Waals surface area contributed by atoms with Crippen molar-refractivity contribution >= 4 is 5.69 Å². The number of para-hydroxylation sites is 1. The molecule has 0 saturated heterocycles. The van der Waals surface area contributed by atoms with Crippen molar-refractivity contribution in [2.24, 2.45) is 5.73 Å². The second-order valence-corrected chi connectivity index (χ2v) is 4.08. The molecule has 0 aliphatic heterocycles. The minimum absolute atomic E-state index is 0.813. The molecule has 0 aromatic heterocycles. The maximum atomic E-state index is 5.85. The lowest BCUT2D eigenvalue weighted by molar-refractivity contribution is 0.590. The number of hydrogen-bond acceptors (Lipinski definition) is 3.